The van der Waals surface area contributed by atoms with Crippen molar-refractivity contribution >= 4 is 11.8 Å². The van der Waals surface area contributed by atoms with Gasteiger partial charge in [-0.05, 0) is 51.0 Å². The Balaban J connectivity index is 1.36. The fraction of sp³-hybridized carbons (Fsp3) is 0.320. The number of hydrogen-bond donors (Lipinski definition) is 1. The first kappa shape index (κ1) is 21.6. The van der Waals surface area contributed by atoms with E-state index in [-0.39, 0.29) is 17.9 Å². The largest absolute Gasteiger partial charge is 0.488 e. The number of benzene rings is 2. The number of amides is 2. The van der Waals surface area contributed by atoms with Crippen LogP contribution in [0.2, 0.25) is 0 Å². The SMILES string of the molecule is Cc1noc(C)c1COc1ccccc1C(=O)N1CCC(NC(=O)c2ccccc2)CC1. The Labute approximate surface area is 187 Å². The molecule has 1 aliphatic heterocycles. The molecule has 0 spiro atoms. The van der Waals surface area contributed by atoms with Crippen LogP contribution in [-0.4, -0.2) is 41.0 Å². The molecule has 1 aromatic heterocycles. The summed E-state index contributed by atoms with van der Waals surface area (Å²) in [6.07, 6.45) is 1.43. The average molecular weight is 434 g/mol. The van der Waals surface area contributed by atoms with Gasteiger partial charge in [-0.1, -0.05) is 35.5 Å². The molecule has 1 fully saturated rings. The van der Waals surface area contributed by atoms with Gasteiger partial charge in [-0.15, -0.1) is 0 Å². The molecule has 1 aliphatic rings. The van der Waals surface area contributed by atoms with Crippen LogP contribution in [0.5, 0.6) is 5.75 Å². The fourth-order valence-corrected chi connectivity index (χ4v) is 3.88. The molecule has 0 saturated carbocycles. The van der Waals surface area contributed by atoms with Gasteiger partial charge in [0, 0.05) is 24.7 Å². The molecule has 166 valence electrons. The highest BCUT2D eigenvalue weighted by molar-refractivity contribution is 5.97. The zero-order valence-corrected chi connectivity index (χ0v) is 18.3. The van der Waals surface area contributed by atoms with Gasteiger partial charge < -0.3 is 19.5 Å². The molecule has 1 N–H and O–H groups in total. The first-order chi connectivity index (χ1) is 15.5. The van der Waals surface area contributed by atoms with Crippen molar-refractivity contribution in [2.24, 2.45) is 0 Å². The van der Waals surface area contributed by atoms with Crippen molar-refractivity contribution in [3.05, 3.63) is 82.7 Å². The molecule has 0 aliphatic carbocycles. The fourth-order valence-electron chi connectivity index (χ4n) is 3.88. The lowest BCUT2D eigenvalue weighted by Gasteiger charge is -2.32. The Bertz CT molecular complexity index is 1070. The van der Waals surface area contributed by atoms with Crippen LogP contribution in [0.15, 0.2) is 59.1 Å². The van der Waals surface area contributed by atoms with Gasteiger partial charge in [0.1, 0.15) is 18.1 Å². The van der Waals surface area contributed by atoms with Crippen molar-refractivity contribution in [3.8, 4) is 5.75 Å². The molecular weight excluding hydrogens is 406 g/mol. The highest BCUT2D eigenvalue weighted by atomic mass is 16.5. The number of piperidine rings is 1. The second-order valence-corrected chi connectivity index (χ2v) is 7.99. The first-order valence-corrected chi connectivity index (χ1v) is 10.8. The Hall–Kier alpha value is -3.61. The van der Waals surface area contributed by atoms with E-state index in [1.807, 2.05) is 49.1 Å². The monoisotopic (exact) mass is 433 g/mol. The molecule has 3 aromatic rings. The smallest absolute Gasteiger partial charge is 0.257 e. The van der Waals surface area contributed by atoms with Gasteiger partial charge in [-0.3, -0.25) is 9.59 Å². The van der Waals surface area contributed by atoms with Crippen molar-refractivity contribution in [1.29, 1.82) is 0 Å². The Morgan fingerprint density at radius 3 is 2.44 bits per heavy atom. The molecule has 2 amide bonds. The van der Waals surface area contributed by atoms with Gasteiger partial charge >= 0.3 is 0 Å². The summed E-state index contributed by atoms with van der Waals surface area (Å²) in [5.74, 6) is 1.11. The number of para-hydroxylation sites is 1. The number of ether oxygens (including phenoxy) is 1. The van der Waals surface area contributed by atoms with Gasteiger partial charge in [-0.2, -0.15) is 0 Å². The molecule has 2 aromatic carbocycles. The third-order valence-corrected chi connectivity index (χ3v) is 5.82. The van der Waals surface area contributed by atoms with E-state index in [4.69, 9.17) is 9.26 Å². The van der Waals surface area contributed by atoms with Gasteiger partial charge in [-0.25, -0.2) is 0 Å². The van der Waals surface area contributed by atoms with Crippen molar-refractivity contribution in [1.82, 2.24) is 15.4 Å². The molecule has 1 saturated heterocycles. The molecule has 0 unspecified atom stereocenters. The van der Waals surface area contributed by atoms with E-state index in [2.05, 4.69) is 10.5 Å². The molecule has 0 atom stereocenters. The minimum Gasteiger partial charge on any atom is -0.488 e. The first-order valence-electron chi connectivity index (χ1n) is 10.8. The highest BCUT2D eigenvalue weighted by Gasteiger charge is 2.26. The van der Waals surface area contributed by atoms with Crippen LogP contribution in [0.4, 0.5) is 0 Å². The van der Waals surface area contributed by atoms with E-state index in [9.17, 15) is 9.59 Å². The van der Waals surface area contributed by atoms with Crippen molar-refractivity contribution in [2.75, 3.05) is 13.1 Å². The lowest BCUT2D eigenvalue weighted by atomic mass is 10.0. The second-order valence-electron chi connectivity index (χ2n) is 7.99. The molecule has 7 nitrogen and oxygen atoms in total. The predicted octanol–water partition coefficient (Wildman–Crippen LogP) is 3.91. The number of likely N-dealkylation sites (tertiary alicyclic amines) is 1. The quantitative estimate of drug-likeness (QED) is 0.637. The van der Waals surface area contributed by atoms with Gasteiger partial charge in [0.25, 0.3) is 11.8 Å². The number of aryl methyl sites for hydroxylation is 2. The summed E-state index contributed by atoms with van der Waals surface area (Å²) in [6, 6.07) is 16.5. The summed E-state index contributed by atoms with van der Waals surface area (Å²) >= 11 is 0. The lowest BCUT2D eigenvalue weighted by Crippen LogP contribution is -2.46. The van der Waals surface area contributed by atoms with E-state index in [0.717, 1.165) is 11.3 Å². The average Bonchev–Trinajstić information content (AvgIpc) is 3.15. The summed E-state index contributed by atoms with van der Waals surface area (Å²) in [5.41, 5.74) is 2.86. The molecule has 0 radical (unpaired) electrons. The summed E-state index contributed by atoms with van der Waals surface area (Å²) in [6.45, 7) is 5.16. The topological polar surface area (TPSA) is 84.7 Å². The Morgan fingerprint density at radius 2 is 1.75 bits per heavy atom. The van der Waals surface area contributed by atoms with Crippen LogP contribution < -0.4 is 10.1 Å². The van der Waals surface area contributed by atoms with Gasteiger partial charge in [0.15, 0.2) is 0 Å². The minimum atomic E-state index is -0.0755. The van der Waals surface area contributed by atoms with Crippen LogP contribution in [-0.2, 0) is 6.61 Å². The molecule has 2 heterocycles. The maximum absolute atomic E-state index is 13.2. The predicted molar refractivity (Wildman–Crippen MR) is 120 cm³/mol. The van der Waals surface area contributed by atoms with Crippen LogP contribution in [0, 0.1) is 13.8 Å². The van der Waals surface area contributed by atoms with Crippen molar-refractivity contribution < 1.29 is 18.8 Å². The van der Waals surface area contributed by atoms with E-state index in [0.29, 0.717) is 55.2 Å². The number of carbonyl (C=O) groups is 2. The van der Waals surface area contributed by atoms with Crippen LogP contribution in [0.3, 0.4) is 0 Å². The number of rotatable bonds is 6. The zero-order valence-electron chi connectivity index (χ0n) is 18.3. The molecule has 7 heteroatoms. The van der Waals surface area contributed by atoms with Crippen LogP contribution >= 0.6 is 0 Å². The summed E-state index contributed by atoms with van der Waals surface area (Å²) in [5, 5.41) is 7.02. The van der Waals surface area contributed by atoms with Crippen molar-refractivity contribution in [2.45, 2.75) is 39.3 Å². The van der Waals surface area contributed by atoms with E-state index in [1.54, 1.807) is 24.3 Å². The molecule has 0 bridgehead atoms. The number of nitrogens with one attached hydrogen (secondary N) is 1. The highest BCUT2D eigenvalue weighted by Crippen LogP contribution is 2.24. The van der Waals surface area contributed by atoms with Crippen LogP contribution in [0.1, 0.15) is 50.6 Å². The van der Waals surface area contributed by atoms with E-state index < -0.39 is 0 Å². The maximum atomic E-state index is 13.2. The Kier molecular flexibility index (Phi) is 6.54. The third-order valence-electron chi connectivity index (χ3n) is 5.82. The van der Waals surface area contributed by atoms with Gasteiger partial charge in [0.05, 0.1) is 16.8 Å². The zero-order chi connectivity index (χ0) is 22.5. The van der Waals surface area contributed by atoms with E-state index in [1.165, 1.54) is 0 Å². The molecular formula is C25H27N3O4. The normalized spacial score (nSPS) is 14.2. The van der Waals surface area contributed by atoms with E-state index >= 15 is 0 Å². The second kappa shape index (κ2) is 9.68. The summed E-state index contributed by atoms with van der Waals surface area (Å²) in [7, 11) is 0. The number of nitrogens with zero attached hydrogens (tertiary/aromatic N) is 2. The minimum absolute atomic E-state index is 0.0535. The number of hydrogen-bond acceptors (Lipinski definition) is 5. The van der Waals surface area contributed by atoms with Crippen molar-refractivity contribution in [3.63, 3.8) is 0 Å². The third kappa shape index (κ3) is 4.82. The standard InChI is InChI=1S/C25H27N3O4/c1-17-22(18(2)32-27-17)16-31-23-11-7-6-10-21(23)25(30)28-14-12-20(13-15-28)26-24(29)19-8-4-3-5-9-19/h3-11,20H,12-16H2,1-2H3,(H,26,29). The lowest BCUT2D eigenvalue weighted by molar-refractivity contribution is 0.0693. The molecule has 32 heavy (non-hydrogen) atoms. The summed E-state index contributed by atoms with van der Waals surface area (Å²) in [4.78, 5) is 27.4. The van der Waals surface area contributed by atoms with Crippen LogP contribution in [0.25, 0.3) is 0 Å². The maximum Gasteiger partial charge on any atom is 0.257 e. The number of aromatic nitrogens is 1. The van der Waals surface area contributed by atoms with Gasteiger partial charge in [0.2, 0.25) is 0 Å². The Morgan fingerprint density at radius 1 is 1.06 bits per heavy atom. The number of carbonyl (C=O) groups excluding carboxylic acids is 2. The molecule has 4 rings (SSSR count). The summed E-state index contributed by atoms with van der Waals surface area (Å²) < 4.78 is 11.2.